The number of carbonyl (C=O) groups excluding carboxylic acids is 3. The summed E-state index contributed by atoms with van der Waals surface area (Å²) in [6.45, 7) is 0.460. The van der Waals surface area contributed by atoms with E-state index in [1.807, 2.05) is 0 Å². The van der Waals surface area contributed by atoms with E-state index >= 15 is 0 Å². The van der Waals surface area contributed by atoms with Crippen LogP contribution in [-0.4, -0.2) is 37.6 Å². The summed E-state index contributed by atoms with van der Waals surface area (Å²) in [4.78, 5) is 37.2. The van der Waals surface area contributed by atoms with E-state index in [4.69, 9.17) is 14.2 Å². The Labute approximate surface area is 181 Å². The molecule has 0 atom stereocenters. The molecule has 0 bridgehead atoms. The van der Waals surface area contributed by atoms with Crippen molar-refractivity contribution >= 4 is 40.5 Å². The van der Waals surface area contributed by atoms with Crippen molar-refractivity contribution in [3.63, 3.8) is 0 Å². The minimum atomic E-state index is -0.676. The largest absolute Gasteiger partial charge is 0.486 e. The van der Waals surface area contributed by atoms with Crippen LogP contribution in [-0.2, 0) is 9.53 Å². The van der Waals surface area contributed by atoms with Gasteiger partial charge in [0.25, 0.3) is 11.8 Å². The van der Waals surface area contributed by atoms with Gasteiger partial charge in [-0.2, -0.15) is 0 Å². The Hall–Kier alpha value is -3.85. The molecule has 1 aliphatic rings. The van der Waals surface area contributed by atoms with Crippen molar-refractivity contribution in [2.45, 2.75) is 0 Å². The quantitative estimate of drug-likeness (QED) is 0.571. The smallest absolute Gasteiger partial charge is 0.338 e. The van der Waals surface area contributed by atoms with Crippen molar-refractivity contribution in [3.05, 3.63) is 70.4 Å². The summed E-state index contributed by atoms with van der Waals surface area (Å²) in [5, 5.41) is 7.17. The number of hydrogen-bond donors (Lipinski definition) is 2. The van der Waals surface area contributed by atoms with Gasteiger partial charge in [0, 0.05) is 17.4 Å². The molecule has 8 nitrogen and oxygen atoms in total. The van der Waals surface area contributed by atoms with Gasteiger partial charge < -0.3 is 24.8 Å². The maximum Gasteiger partial charge on any atom is 0.338 e. The van der Waals surface area contributed by atoms with Crippen LogP contribution >= 0.6 is 11.3 Å². The van der Waals surface area contributed by atoms with Crippen molar-refractivity contribution in [2.24, 2.45) is 0 Å². The zero-order chi connectivity index (χ0) is 21.6. The first-order valence-electron chi connectivity index (χ1n) is 9.40. The Bertz CT molecular complexity index is 1110. The molecule has 0 spiro atoms. The average molecular weight is 438 g/mol. The van der Waals surface area contributed by atoms with Crippen LogP contribution in [0.4, 0.5) is 11.4 Å². The summed E-state index contributed by atoms with van der Waals surface area (Å²) >= 11 is 1.32. The van der Waals surface area contributed by atoms with Crippen LogP contribution in [0.1, 0.15) is 20.0 Å². The van der Waals surface area contributed by atoms with Crippen LogP contribution in [0.15, 0.2) is 60.0 Å². The topological polar surface area (TPSA) is 103 Å². The standard InChI is InChI=1S/C22H18N2O6S/c25-20(23-16-6-7-17-18(12-16)29-9-8-28-17)13-30-22(27)14-3-1-4-15(11-14)24-21(26)19-5-2-10-31-19/h1-7,10-12H,8-9,13H2,(H,23,25)(H,24,26). The molecule has 0 radical (unpaired) electrons. The first-order valence-corrected chi connectivity index (χ1v) is 10.3. The van der Waals surface area contributed by atoms with Crippen LogP contribution in [0.2, 0.25) is 0 Å². The molecule has 2 aromatic carbocycles. The van der Waals surface area contributed by atoms with E-state index in [-0.39, 0.29) is 11.5 Å². The Morgan fingerprint density at radius 2 is 1.71 bits per heavy atom. The molecule has 31 heavy (non-hydrogen) atoms. The number of ether oxygens (including phenoxy) is 3. The molecule has 1 aromatic heterocycles. The molecule has 4 rings (SSSR count). The lowest BCUT2D eigenvalue weighted by Crippen LogP contribution is -2.21. The van der Waals surface area contributed by atoms with Gasteiger partial charge in [-0.25, -0.2) is 4.79 Å². The second kappa shape index (κ2) is 9.31. The number of thiophene rings is 1. The molecular weight excluding hydrogens is 420 g/mol. The highest BCUT2D eigenvalue weighted by molar-refractivity contribution is 7.12. The summed E-state index contributed by atoms with van der Waals surface area (Å²) in [5.74, 6) is -0.278. The van der Waals surface area contributed by atoms with Crippen molar-refractivity contribution in [1.29, 1.82) is 0 Å². The summed E-state index contributed by atoms with van der Waals surface area (Å²) in [5.41, 5.74) is 1.17. The number of anilines is 2. The molecule has 1 aliphatic heterocycles. The zero-order valence-electron chi connectivity index (χ0n) is 16.3. The lowest BCUT2D eigenvalue weighted by atomic mass is 10.2. The molecule has 2 amide bonds. The number of rotatable bonds is 6. The first kappa shape index (κ1) is 20.4. The average Bonchev–Trinajstić information content (AvgIpc) is 3.33. The first-order chi connectivity index (χ1) is 15.1. The number of amides is 2. The van der Waals surface area contributed by atoms with Crippen molar-refractivity contribution < 1.29 is 28.6 Å². The fourth-order valence-electron chi connectivity index (χ4n) is 2.86. The van der Waals surface area contributed by atoms with Gasteiger partial charge in [-0.15, -0.1) is 11.3 Å². The number of carbonyl (C=O) groups is 3. The third-order valence-corrected chi connectivity index (χ3v) is 5.13. The van der Waals surface area contributed by atoms with Crippen molar-refractivity contribution in [3.8, 4) is 11.5 Å². The van der Waals surface area contributed by atoms with Gasteiger partial charge in [0.1, 0.15) is 13.2 Å². The van der Waals surface area contributed by atoms with Gasteiger partial charge in [0.2, 0.25) is 0 Å². The number of hydrogen-bond acceptors (Lipinski definition) is 7. The highest BCUT2D eigenvalue weighted by Crippen LogP contribution is 2.32. The minimum absolute atomic E-state index is 0.219. The van der Waals surface area contributed by atoms with E-state index in [9.17, 15) is 14.4 Å². The number of esters is 1. The highest BCUT2D eigenvalue weighted by Gasteiger charge is 2.15. The van der Waals surface area contributed by atoms with Crippen LogP contribution in [0.25, 0.3) is 0 Å². The second-order valence-electron chi connectivity index (χ2n) is 6.49. The van der Waals surface area contributed by atoms with E-state index in [0.717, 1.165) is 0 Å². The third-order valence-electron chi connectivity index (χ3n) is 4.26. The number of nitrogens with one attached hydrogen (secondary N) is 2. The molecule has 3 aromatic rings. The molecule has 2 heterocycles. The molecule has 0 saturated heterocycles. The molecule has 9 heteroatoms. The number of fused-ring (bicyclic) bond motifs is 1. The van der Waals surface area contributed by atoms with Gasteiger partial charge in [0.15, 0.2) is 18.1 Å². The van der Waals surface area contributed by atoms with E-state index < -0.39 is 18.5 Å². The SMILES string of the molecule is O=C(COC(=O)c1cccc(NC(=O)c2cccs2)c1)Nc1ccc2c(c1)OCCO2. The van der Waals surface area contributed by atoms with Gasteiger partial charge in [-0.05, 0) is 41.8 Å². The Kier molecular flexibility index (Phi) is 6.13. The molecule has 0 aliphatic carbocycles. The Balaban J connectivity index is 1.31. The maximum atomic E-state index is 12.3. The molecule has 158 valence electrons. The van der Waals surface area contributed by atoms with Gasteiger partial charge >= 0.3 is 5.97 Å². The zero-order valence-corrected chi connectivity index (χ0v) is 17.1. The predicted octanol–water partition coefficient (Wildman–Crippen LogP) is 3.57. The van der Waals surface area contributed by atoms with E-state index in [0.29, 0.717) is 41.0 Å². The summed E-state index contributed by atoms with van der Waals surface area (Å²) in [7, 11) is 0. The maximum absolute atomic E-state index is 12.3. The van der Waals surface area contributed by atoms with Crippen molar-refractivity contribution in [1.82, 2.24) is 0 Å². The van der Waals surface area contributed by atoms with E-state index in [2.05, 4.69) is 10.6 Å². The summed E-state index contributed by atoms with van der Waals surface area (Å²) in [6, 6.07) is 14.8. The fourth-order valence-corrected chi connectivity index (χ4v) is 3.48. The molecule has 0 saturated carbocycles. The van der Waals surface area contributed by atoms with Crippen LogP contribution in [0.3, 0.4) is 0 Å². The minimum Gasteiger partial charge on any atom is -0.486 e. The molecular formula is C22H18N2O6S. The van der Waals surface area contributed by atoms with Crippen molar-refractivity contribution in [2.75, 3.05) is 30.5 Å². The second-order valence-corrected chi connectivity index (χ2v) is 7.44. The predicted molar refractivity (Wildman–Crippen MR) is 115 cm³/mol. The lowest BCUT2D eigenvalue weighted by molar-refractivity contribution is -0.119. The van der Waals surface area contributed by atoms with Gasteiger partial charge in [-0.1, -0.05) is 12.1 Å². The molecule has 2 N–H and O–H groups in total. The lowest BCUT2D eigenvalue weighted by Gasteiger charge is -2.19. The highest BCUT2D eigenvalue weighted by atomic mass is 32.1. The molecule has 0 unspecified atom stereocenters. The van der Waals surface area contributed by atoms with Gasteiger partial charge in [-0.3, -0.25) is 9.59 Å². The third kappa shape index (κ3) is 5.20. The van der Waals surface area contributed by atoms with Gasteiger partial charge in [0.05, 0.1) is 10.4 Å². The van der Waals surface area contributed by atoms with Crippen LogP contribution < -0.4 is 20.1 Å². The van der Waals surface area contributed by atoms with E-state index in [1.54, 1.807) is 53.9 Å². The summed E-state index contributed by atoms with van der Waals surface area (Å²) < 4.78 is 16.0. The number of benzene rings is 2. The fraction of sp³-hybridized carbons (Fsp3) is 0.136. The normalized spacial score (nSPS) is 12.0. The Morgan fingerprint density at radius 1 is 0.903 bits per heavy atom. The Morgan fingerprint density at radius 3 is 2.52 bits per heavy atom. The summed E-state index contributed by atoms with van der Waals surface area (Å²) in [6.07, 6.45) is 0. The molecule has 0 fully saturated rings. The monoisotopic (exact) mass is 438 g/mol. The van der Waals surface area contributed by atoms with E-state index in [1.165, 1.54) is 17.4 Å². The van der Waals surface area contributed by atoms with Crippen LogP contribution in [0, 0.1) is 0 Å². The van der Waals surface area contributed by atoms with Crippen LogP contribution in [0.5, 0.6) is 11.5 Å².